The highest BCUT2D eigenvalue weighted by Crippen LogP contribution is 1.74. The standard InChI is InChI=1S/C3H7BO2/c1-5-6-3-2-4/h2-3H2,1H3. The third-order valence-corrected chi connectivity index (χ3v) is 0.319. The molecule has 0 aromatic carbocycles. The summed E-state index contributed by atoms with van der Waals surface area (Å²) in [4.78, 5) is 8.56. The first-order valence-electron chi connectivity index (χ1n) is 1.77. The van der Waals surface area contributed by atoms with Crippen LogP contribution in [0.4, 0.5) is 0 Å². The molecule has 6 heavy (non-hydrogen) atoms. The first-order chi connectivity index (χ1) is 2.91. The molecule has 3 heteroatoms. The molecule has 0 N–H and O–H groups in total. The summed E-state index contributed by atoms with van der Waals surface area (Å²) < 4.78 is 0. The molecule has 0 saturated carbocycles. The van der Waals surface area contributed by atoms with E-state index in [0.29, 0.717) is 12.9 Å². The van der Waals surface area contributed by atoms with Crippen LogP contribution in [-0.4, -0.2) is 21.6 Å². The Bertz CT molecular complexity index is 20.8. The van der Waals surface area contributed by atoms with Crippen LogP contribution in [0, 0.1) is 0 Å². The van der Waals surface area contributed by atoms with Crippen LogP contribution in [0.5, 0.6) is 0 Å². The van der Waals surface area contributed by atoms with Crippen molar-refractivity contribution < 1.29 is 9.78 Å². The molecule has 0 unspecified atom stereocenters. The van der Waals surface area contributed by atoms with E-state index >= 15 is 0 Å². The van der Waals surface area contributed by atoms with E-state index in [1.165, 1.54) is 7.11 Å². The van der Waals surface area contributed by atoms with Gasteiger partial charge in [0.25, 0.3) is 0 Å². The van der Waals surface area contributed by atoms with E-state index in [-0.39, 0.29) is 0 Å². The highest BCUT2D eigenvalue weighted by Gasteiger charge is 1.73. The van der Waals surface area contributed by atoms with E-state index in [1.54, 1.807) is 0 Å². The van der Waals surface area contributed by atoms with Crippen molar-refractivity contribution in [2.24, 2.45) is 0 Å². The van der Waals surface area contributed by atoms with Crippen LogP contribution in [-0.2, 0) is 9.78 Å². The Kier molecular flexibility index (Phi) is 4.97. The van der Waals surface area contributed by atoms with Crippen LogP contribution in [0.25, 0.3) is 0 Å². The Hall–Kier alpha value is -0.0151. The van der Waals surface area contributed by atoms with E-state index in [4.69, 9.17) is 7.85 Å². The number of rotatable bonds is 3. The lowest BCUT2D eigenvalue weighted by atomic mass is 10.1. The molecule has 0 aromatic heterocycles. The quantitative estimate of drug-likeness (QED) is 0.210. The molecule has 2 nitrogen and oxygen atoms in total. The fourth-order valence-electron chi connectivity index (χ4n) is 0.131. The van der Waals surface area contributed by atoms with Crippen LogP contribution < -0.4 is 0 Å². The molecule has 0 fully saturated rings. The zero-order chi connectivity index (χ0) is 4.83. The summed E-state index contributed by atoms with van der Waals surface area (Å²) in [6.07, 6.45) is 0.508. The first-order valence-corrected chi connectivity index (χ1v) is 1.77. The van der Waals surface area contributed by atoms with E-state index in [1.807, 2.05) is 0 Å². The summed E-state index contributed by atoms with van der Waals surface area (Å²) in [5.74, 6) is 0. The minimum Gasteiger partial charge on any atom is -0.240 e. The van der Waals surface area contributed by atoms with Crippen molar-refractivity contribution >= 4 is 7.85 Å². The third-order valence-electron chi connectivity index (χ3n) is 0.319. The van der Waals surface area contributed by atoms with Crippen LogP contribution in [0.1, 0.15) is 0 Å². The van der Waals surface area contributed by atoms with Crippen molar-refractivity contribution in [3.05, 3.63) is 0 Å². The predicted molar refractivity (Wildman–Crippen MR) is 23.5 cm³/mol. The molecule has 2 radical (unpaired) electrons. The minimum absolute atomic E-state index is 0.469. The maximum absolute atomic E-state index is 5.01. The summed E-state index contributed by atoms with van der Waals surface area (Å²) in [6.45, 7) is 0.469. The van der Waals surface area contributed by atoms with Crippen LogP contribution in [0.2, 0.25) is 6.32 Å². The van der Waals surface area contributed by atoms with Gasteiger partial charge in [-0.15, -0.1) is 0 Å². The van der Waals surface area contributed by atoms with Gasteiger partial charge in [-0.3, -0.25) is 0 Å². The second kappa shape index (κ2) is 4.98. The molecule has 0 rings (SSSR count). The summed E-state index contributed by atoms with van der Waals surface area (Å²) in [6, 6.07) is 0. The van der Waals surface area contributed by atoms with Gasteiger partial charge in [0.1, 0.15) is 0 Å². The van der Waals surface area contributed by atoms with Crippen molar-refractivity contribution in [3.8, 4) is 0 Å². The normalized spacial score (nSPS) is 8.83. The zero-order valence-electron chi connectivity index (χ0n) is 3.81. The van der Waals surface area contributed by atoms with Crippen molar-refractivity contribution in [2.45, 2.75) is 6.32 Å². The molecule has 0 amide bonds. The lowest BCUT2D eigenvalue weighted by Crippen LogP contribution is -1.89. The fourth-order valence-corrected chi connectivity index (χ4v) is 0.131. The molecule has 0 aromatic rings. The third kappa shape index (κ3) is 3.98. The topological polar surface area (TPSA) is 18.5 Å². The van der Waals surface area contributed by atoms with E-state index in [0.717, 1.165) is 0 Å². The molecule has 34 valence electrons. The molecule has 0 aliphatic carbocycles. The molecule has 0 aliphatic rings. The van der Waals surface area contributed by atoms with Crippen molar-refractivity contribution in [1.29, 1.82) is 0 Å². The summed E-state index contributed by atoms with van der Waals surface area (Å²) in [7, 11) is 6.46. The maximum Gasteiger partial charge on any atom is 0.0745 e. The smallest absolute Gasteiger partial charge is 0.0745 e. The van der Waals surface area contributed by atoms with Gasteiger partial charge in [0, 0.05) is 0 Å². The molecule has 0 atom stereocenters. The van der Waals surface area contributed by atoms with E-state index in [9.17, 15) is 0 Å². The number of hydrogen-bond acceptors (Lipinski definition) is 2. The van der Waals surface area contributed by atoms with Crippen molar-refractivity contribution in [3.63, 3.8) is 0 Å². The van der Waals surface area contributed by atoms with Gasteiger partial charge in [-0.05, 0) is 0 Å². The minimum atomic E-state index is 0.469. The van der Waals surface area contributed by atoms with Gasteiger partial charge in [0.15, 0.2) is 0 Å². The van der Waals surface area contributed by atoms with Gasteiger partial charge in [-0.25, -0.2) is 9.78 Å². The largest absolute Gasteiger partial charge is 0.240 e. The van der Waals surface area contributed by atoms with Gasteiger partial charge in [-0.2, -0.15) is 0 Å². The SMILES string of the molecule is [B]CCOOC. The fraction of sp³-hybridized carbons (Fsp3) is 1.00. The predicted octanol–water partition coefficient (Wildman–Crippen LogP) is 0.151. The lowest BCUT2D eigenvalue weighted by molar-refractivity contribution is -0.268. The van der Waals surface area contributed by atoms with E-state index in [2.05, 4.69) is 9.78 Å². The Morgan fingerprint density at radius 2 is 2.33 bits per heavy atom. The average Bonchev–Trinajstić information content (AvgIpc) is 1.61. The Morgan fingerprint density at radius 1 is 1.67 bits per heavy atom. The Balaban J connectivity index is 2.34. The lowest BCUT2D eigenvalue weighted by Gasteiger charge is -1.91. The first kappa shape index (κ1) is 5.98. The summed E-state index contributed by atoms with van der Waals surface area (Å²) >= 11 is 0. The van der Waals surface area contributed by atoms with Crippen molar-refractivity contribution in [1.82, 2.24) is 0 Å². The second-order valence-electron chi connectivity index (χ2n) is 0.777. The highest BCUT2D eigenvalue weighted by atomic mass is 17.2. The van der Waals surface area contributed by atoms with Crippen LogP contribution >= 0.6 is 0 Å². The van der Waals surface area contributed by atoms with Gasteiger partial charge in [0.2, 0.25) is 0 Å². The van der Waals surface area contributed by atoms with Gasteiger partial charge in [0.05, 0.1) is 21.6 Å². The second-order valence-corrected chi connectivity index (χ2v) is 0.777. The zero-order valence-corrected chi connectivity index (χ0v) is 3.81. The molecular weight excluding hydrogens is 78.8 g/mol. The molecule has 0 bridgehead atoms. The number of hydrogen-bond donors (Lipinski definition) is 0. The van der Waals surface area contributed by atoms with Gasteiger partial charge < -0.3 is 0 Å². The average molecular weight is 85.9 g/mol. The molecule has 0 heterocycles. The molecular formula is C3H7BO2. The van der Waals surface area contributed by atoms with Crippen molar-refractivity contribution in [2.75, 3.05) is 13.7 Å². The highest BCUT2D eigenvalue weighted by molar-refractivity contribution is 6.08. The maximum atomic E-state index is 5.01. The summed E-state index contributed by atoms with van der Waals surface area (Å²) in [5, 5.41) is 0. The van der Waals surface area contributed by atoms with Gasteiger partial charge in [-0.1, -0.05) is 6.32 Å². The van der Waals surface area contributed by atoms with Crippen LogP contribution in [0.15, 0.2) is 0 Å². The molecule has 0 spiro atoms. The van der Waals surface area contributed by atoms with Crippen LogP contribution in [0.3, 0.4) is 0 Å². The van der Waals surface area contributed by atoms with E-state index < -0.39 is 0 Å². The molecule has 0 saturated heterocycles. The summed E-state index contributed by atoms with van der Waals surface area (Å²) in [5.41, 5.74) is 0. The monoisotopic (exact) mass is 86.1 g/mol. The van der Waals surface area contributed by atoms with Gasteiger partial charge >= 0.3 is 0 Å². The Morgan fingerprint density at radius 3 is 2.50 bits per heavy atom. The molecule has 0 aliphatic heterocycles. The Labute approximate surface area is 38.8 Å².